The summed E-state index contributed by atoms with van der Waals surface area (Å²) < 4.78 is 41.4. The first kappa shape index (κ1) is 23.5. The summed E-state index contributed by atoms with van der Waals surface area (Å²) in [5.41, 5.74) is 3.82. The number of carbonyl (C=O) groups is 1. The van der Waals surface area contributed by atoms with Crippen molar-refractivity contribution in [3.8, 4) is 0 Å². The van der Waals surface area contributed by atoms with Crippen molar-refractivity contribution >= 4 is 21.6 Å². The predicted molar refractivity (Wildman–Crippen MR) is 125 cm³/mol. The van der Waals surface area contributed by atoms with E-state index in [1.165, 1.54) is 12.1 Å². The molecule has 3 aromatic carbocycles. The Kier molecular flexibility index (Phi) is 6.99. The average Bonchev–Trinajstić information content (AvgIpc) is 2.75. The lowest BCUT2D eigenvalue weighted by atomic mass is 10.1. The fourth-order valence-electron chi connectivity index (χ4n) is 3.40. The molecule has 0 bridgehead atoms. The number of aryl methyl sites for hydroxylation is 2. The Labute approximate surface area is 188 Å². The first-order valence-corrected chi connectivity index (χ1v) is 11.7. The molecule has 3 aromatic rings. The summed E-state index contributed by atoms with van der Waals surface area (Å²) in [6, 6.07) is 17.3. The Morgan fingerprint density at radius 1 is 0.969 bits per heavy atom. The highest BCUT2D eigenvalue weighted by Crippen LogP contribution is 2.28. The molecule has 5 nitrogen and oxygen atoms in total. The smallest absolute Gasteiger partial charge is 0.264 e. The second-order valence-corrected chi connectivity index (χ2v) is 9.75. The molecule has 168 valence electrons. The van der Waals surface area contributed by atoms with Gasteiger partial charge >= 0.3 is 0 Å². The lowest BCUT2D eigenvalue weighted by Gasteiger charge is -2.27. The first-order valence-electron chi connectivity index (χ1n) is 10.3. The molecule has 7 heteroatoms. The molecule has 0 aromatic heterocycles. The Bertz CT molecular complexity index is 1210. The molecule has 0 spiro atoms. The summed E-state index contributed by atoms with van der Waals surface area (Å²) >= 11 is 0. The van der Waals surface area contributed by atoms with Crippen molar-refractivity contribution in [2.75, 3.05) is 10.8 Å². The second kappa shape index (κ2) is 9.53. The minimum atomic E-state index is -3.99. The fourth-order valence-corrected chi connectivity index (χ4v) is 4.87. The van der Waals surface area contributed by atoms with Crippen molar-refractivity contribution in [1.82, 2.24) is 5.32 Å². The van der Waals surface area contributed by atoms with Gasteiger partial charge in [-0.3, -0.25) is 9.10 Å². The third-order valence-electron chi connectivity index (χ3n) is 5.49. The number of nitrogens with one attached hydrogen (secondary N) is 1. The van der Waals surface area contributed by atoms with E-state index in [-0.39, 0.29) is 17.3 Å². The highest BCUT2D eigenvalue weighted by Gasteiger charge is 2.29. The molecule has 0 radical (unpaired) electrons. The largest absolute Gasteiger partial charge is 0.348 e. The van der Waals surface area contributed by atoms with Gasteiger partial charge in [0, 0.05) is 0 Å². The summed E-state index contributed by atoms with van der Waals surface area (Å²) in [6.07, 6.45) is 0. The van der Waals surface area contributed by atoms with E-state index in [0.717, 1.165) is 26.6 Å². The van der Waals surface area contributed by atoms with Gasteiger partial charge in [-0.2, -0.15) is 0 Å². The third kappa shape index (κ3) is 5.16. The van der Waals surface area contributed by atoms with Gasteiger partial charge in [0.15, 0.2) is 0 Å². The molecule has 0 aliphatic heterocycles. The molecule has 0 aliphatic rings. The quantitative estimate of drug-likeness (QED) is 0.556. The lowest BCUT2D eigenvalue weighted by molar-refractivity contribution is -0.120. The molecule has 0 saturated heterocycles. The minimum absolute atomic E-state index is 0.114. The number of halogens is 1. The predicted octanol–water partition coefficient (Wildman–Crippen LogP) is 4.82. The molecule has 3 rings (SSSR count). The Morgan fingerprint density at radius 3 is 2.22 bits per heavy atom. The van der Waals surface area contributed by atoms with Crippen LogP contribution in [0, 0.1) is 26.6 Å². The van der Waals surface area contributed by atoms with E-state index in [2.05, 4.69) is 5.32 Å². The van der Waals surface area contributed by atoms with Crippen LogP contribution in [0.1, 0.15) is 35.2 Å². The molecule has 0 unspecified atom stereocenters. The van der Waals surface area contributed by atoms with Crippen molar-refractivity contribution in [1.29, 1.82) is 0 Å². The van der Waals surface area contributed by atoms with Gasteiger partial charge in [-0.1, -0.05) is 42.0 Å². The molecular weight excluding hydrogens is 427 g/mol. The lowest BCUT2D eigenvalue weighted by Crippen LogP contribution is -2.42. The van der Waals surface area contributed by atoms with Crippen LogP contribution in [0.4, 0.5) is 10.1 Å². The Morgan fingerprint density at radius 2 is 1.59 bits per heavy atom. The zero-order valence-electron chi connectivity index (χ0n) is 18.6. The maximum Gasteiger partial charge on any atom is 0.264 e. The Balaban J connectivity index is 1.94. The molecule has 1 N–H and O–H groups in total. The van der Waals surface area contributed by atoms with Crippen LogP contribution in [0.25, 0.3) is 0 Å². The van der Waals surface area contributed by atoms with Crippen LogP contribution in [0.2, 0.25) is 0 Å². The van der Waals surface area contributed by atoms with Gasteiger partial charge in [0.1, 0.15) is 12.4 Å². The maximum absolute atomic E-state index is 13.5. The van der Waals surface area contributed by atoms with Crippen LogP contribution in [-0.4, -0.2) is 20.9 Å². The van der Waals surface area contributed by atoms with Gasteiger partial charge in [-0.05, 0) is 74.7 Å². The van der Waals surface area contributed by atoms with Crippen LogP contribution in [0.3, 0.4) is 0 Å². The standard InChI is InChI=1S/C25H27FN2O3S/c1-17-8-14-23(15-9-17)32(30,31)28(24-7-5-6-18(2)19(24)3)16-25(29)27-20(4)21-10-12-22(26)13-11-21/h5-15,20H,16H2,1-4H3,(H,27,29)/t20-/m0/s1. The monoisotopic (exact) mass is 454 g/mol. The molecule has 0 aliphatic carbocycles. The first-order chi connectivity index (χ1) is 15.1. The van der Waals surface area contributed by atoms with Gasteiger partial charge in [0.05, 0.1) is 16.6 Å². The number of amides is 1. The maximum atomic E-state index is 13.5. The number of sulfonamides is 1. The van der Waals surface area contributed by atoms with Gasteiger partial charge in [-0.25, -0.2) is 12.8 Å². The summed E-state index contributed by atoms with van der Waals surface area (Å²) in [4.78, 5) is 13.0. The van der Waals surface area contributed by atoms with E-state index < -0.39 is 22.0 Å². The zero-order chi connectivity index (χ0) is 23.5. The van der Waals surface area contributed by atoms with Gasteiger partial charge < -0.3 is 5.32 Å². The number of nitrogens with zero attached hydrogens (tertiary/aromatic N) is 1. The van der Waals surface area contributed by atoms with Gasteiger partial charge in [0.2, 0.25) is 5.91 Å². The van der Waals surface area contributed by atoms with E-state index in [1.54, 1.807) is 55.5 Å². The fraction of sp³-hybridized carbons (Fsp3) is 0.240. The van der Waals surface area contributed by atoms with E-state index in [0.29, 0.717) is 5.69 Å². The minimum Gasteiger partial charge on any atom is -0.348 e. The third-order valence-corrected chi connectivity index (χ3v) is 7.26. The average molecular weight is 455 g/mol. The number of benzene rings is 3. The van der Waals surface area contributed by atoms with E-state index in [4.69, 9.17) is 0 Å². The molecule has 0 fully saturated rings. The van der Waals surface area contributed by atoms with Crippen LogP contribution in [0.15, 0.2) is 71.6 Å². The van der Waals surface area contributed by atoms with Gasteiger partial charge in [0.25, 0.3) is 10.0 Å². The van der Waals surface area contributed by atoms with Crippen molar-refractivity contribution in [3.63, 3.8) is 0 Å². The number of hydrogen-bond acceptors (Lipinski definition) is 3. The second-order valence-electron chi connectivity index (χ2n) is 7.88. The zero-order valence-corrected chi connectivity index (χ0v) is 19.4. The number of rotatable bonds is 7. The summed E-state index contributed by atoms with van der Waals surface area (Å²) in [5.74, 6) is -0.823. The summed E-state index contributed by atoms with van der Waals surface area (Å²) in [7, 11) is -3.99. The molecule has 1 amide bonds. The van der Waals surface area contributed by atoms with E-state index in [1.807, 2.05) is 26.8 Å². The molecule has 1 atom stereocenters. The van der Waals surface area contributed by atoms with Crippen molar-refractivity contribution in [2.24, 2.45) is 0 Å². The highest BCUT2D eigenvalue weighted by molar-refractivity contribution is 7.92. The number of hydrogen-bond donors (Lipinski definition) is 1. The molecule has 0 saturated carbocycles. The van der Waals surface area contributed by atoms with E-state index >= 15 is 0 Å². The highest BCUT2D eigenvalue weighted by atomic mass is 32.2. The molecule has 0 heterocycles. The molecular formula is C25H27FN2O3S. The SMILES string of the molecule is Cc1ccc(S(=O)(=O)N(CC(=O)N[C@@H](C)c2ccc(F)cc2)c2cccc(C)c2C)cc1. The summed E-state index contributed by atoms with van der Waals surface area (Å²) in [5, 5.41) is 2.82. The Hall–Kier alpha value is -3.19. The van der Waals surface area contributed by atoms with Crippen LogP contribution >= 0.6 is 0 Å². The summed E-state index contributed by atoms with van der Waals surface area (Å²) in [6.45, 7) is 6.99. The van der Waals surface area contributed by atoms with Crippen molar-refractivity contribution in [3.05, 3.63) is 94.8 Å². The normalized spacial score (nSPS) is 12.3. The topological polar surface area (TPSA) is 66.5 Å². The van der Waals surface area contributed by atoms with Crippen molar-refractivity contribution in [2.45, 2.75) is 38.6 Å². The number of carbonyl (C=O) groups excluding carboxylic acids is 1. The number of anilines is 1. The van der Waals surface area contributed by atoms with Crippen LogP contribution < -0.4 is 9.62 Å². The van der Waals surface area contributed by atoms with Crippen LogP contribution in [0.5, 0.6) is 0 Å². The van der Waals surface area contributed by atoms with Crippen LogP contribution in [-0.2, 0) is 14.8 Å². The van der Waals surface area contributed by atoms with E-state index in [9.17, 15) is 17.6 Å². The molecule has 32 heavy (non-hydrogen) atoms. The van der Waals surface area contributed by atoms with Gasteiger partial charge in [-0.15, -0.1) is 0 Å². The van der Waals surface area contributed by atoms with Crippen molar-refractivity contribution < 1.29 is 17.6 Å².